The Balaban J connectivity index is 1.77. The molecule has 2 heterocycles. The molecule has 1 unspecified atom stereocenters. The number of aromatic hydroxyl groups is 1. The largest absolute Gasteiger partial charge is 0.507 e. The molecule has 2 N–H and O–H groups in total. The minimum atomic E-state index is -0.0886. The van der Waals surface area contributed by atoms with Crippen molar-refractivity contribution < 1.29 is 19.2 Å². The Morgan fingerprint density at radius 3 is 2.68 bits per heavy atom. The van der Waals surface area contributed by atoms with E-state index in [-0.39, 0.29) is 11.2 Å². The fourth-order valence-electron chi connectivity index (χ4n) is 4.13. The fourth-order valence-corrected chi connectivity index (χ4v) is 4.13. The van der Waals surface area contributed by atoms with Crippen LogP contribution >= 0.6 is 0 Å². The molecule has 1 fully saturated rings. The number of phenols is 1. The molecule has 2 atom stereocenters. The number of phenolic OH excluding ortho intramolecular Hbond substituents is 1. The van der Waals surface area contributed by atoms with Gasteiger partial charge in [0.25, 0.3) is 0 Å². The van der Waals surface area contributed by atoms with E-state index in [9.17, 15) is 9.90 Å². The number of hydrogen-bond acceptors (Lipinski definition) is 4. The summed E-state index contributed by atoms with van der Waals surface area (Å²) >= 11 is 0. The summed E-state index contributed by atoms with van der Waals surface area (Å²) in [7, 11) is 1.61. The van der Waals surface area contributed by atoms with Crippen LogP contribution in [0.1, 0.15) is 31.7 Å². The van der Waals surface area contributed by atoms with Crippen LogP contribution in [0.3, 0.4) is 0 Å². The van der Waals surface area contributed by atoms with Gasteiger partial charge in [-0.25, -0.2) is 0 Å². The molecule has 5 heteroatoms. The van der Waals surface area contributed by atoms with E-state index in [2.05, 4.69) is 6.92 Å². The van der Waals surface area contributed by atoms with Crippen molar-refractivity contribution in [1.29, 1.82) is 0 Å². The highest BCUT2D eigenvalue weighted by Crippen LogP contribution is 2.28. The van der Waals surface area contributed by atoms with E-state index in [4.69, 9.17) is 9.15 Å². The van der Waals surface area contributed by atoms with Crippen molar-refractivity contribution in [3.63, 3.8) is 0 Å². The third-order valence-corrected chi connectivity index (χ3v) is 5.91. The van der Waals surface area contributed by atoms with Gasteiger partial charge in [0.15, 0.2) is 0 Å². The zero-order valence-electron chi connectivity index (χ0n) is 16.3. The number of methoxy groups -OCH3 is 1. The maximum absolute atomic E-state index is 13.1. The van der Waals surface area contributed by atoms with Gasteiger partial charge in [-0.2, -0.15) is 0 Å². The van der Waals surface area contributed by atoms with E-state index in [0.717, 1.165) is 23.4 Å². The SMILES string of the molecule is COc1ccc(-c2coc3c(C[NH+]4CCCC[C@H]4C)c(O)ccc3c2=O)cc1. The number of benzene rings is 2. The first-order valence-corrected chi connectivity index (χ1v) is 9.84. The molecule has 0 amide bonds. The number of ether oxygens (including phenoxy) is 1. The summed E-state index contributed by atoms with van der Waals surface area (Å²) in [5.74, 6) is 0.929. The summed E-state index contributed by atoms with van der Waals surface area (Å²) in [6, 6.07) is 11.1. The molecule has 0 bridgehead atoms. The van der Waals surface area contributed by atoms with Crippen LogP contribution in [0, 0.1) is 0 Å². The molecule has 2 aromatic carbocycles. The van der Waals surface area contributed by atoms with Crippen LogP contribution in [0.15, 0.2) is 51.9 Å². The Bertz CT molecular complexity index is 1040. The van der Waals surface area contributed by atoms with Crippen LogP contribution in [0.25, 0.3) is 22.1 Å². The van der Waals surface area contributed by atoms with E-state index in [1.54, 1.807) is 19.2 Å². The molecule has 1 aliphatic heterocycles. The van der Waals surface area contributed by atoms with E-state index < -0.39 is 0 Å². The van der Waals surface area contributed by atoms with Gasteiger partial charge < -0.3 is 19.2 Å². The van der Waals surface area contributed by atoms with Crippen molar-refractivity contribution in [1.82, 2.24) is 0 Å². The van der Waals surface area contributed by atoms with Gasteiger partial charge in [0.05, 0.1) is 36.2 Å². The lowest BCUT2D eigenvalue weighted by molar-refractivity contribution is -0.941. The molecule has 28 heavy (non-hydrogen) atoms. The average molecular weight is 380 g/mol. The van der Waals surface area contributed by atoms with Crippen molar-refractivity contribution in [2.45, 2.75) is 38.8 Å². The van der Waals surface area contributed by atoms with Crippen LogP contribution in [0.4, 0.5) is 0 Å². The normalized spacial score (nSPS) is 19.6. The van der Waals surface area contributed by atoms with E-state index in [0.29, 0.717) is 29.1 Å². The second-order valence-corrected chi connectivity index (χ2v) is 7.63. The predicted molar refractivity (Wildman–Crippen MR) is 109 cm³/mol. The van der Waals surface area contributed by atoms with E-state index >= 15 is 0 Å². The molecule has 1 saturated heterocycles. The van der Waals surface area contributed by atoms with Crippen molar-refractivity contribution >= 4 is 11.0 Å². The molecule has 146 valence electrons. The molecule has 5 nitrogen and oxygen atoms in total. The van der Waals surface area contributed by atoms with Crippen LogP contribution in [-0.2, 0) is 6.54 Å². The maximum atomic E-state index is 13.1. The summed E-state index contributed by atoms with van der Waals surface area (Å²) in [5.41, 5.74) is 2.41. The number of quaternary nitrogens is 1. The molecule has 4 rings (SSSR count). The lowest BCUT2D eigenvalue weighted by Gasteiger charge is -2.30. The van der Waals surface area contributed by atoms with Gasteiger partial charge >= 0.3 is 0 Å². The first-order chi connectivity index (χ1) is 13.6. The molecule has 0 radical (unpaired) electrons. The molecule has 1 aromatic heterocycles. The Morgan fingerprint density at radius 2 is 1.96 bits per heavy atom. The van der Waals surface area contributed by atoms with Gasteiger partial charge in [-0.15, -0.1) is 0 Å². The van der Waals surface area contributed by atoms with Gasteiger partial charge in [0.2, 0.25) is 5.43 Å². The summed E-state index contributed by atoms with van der Waals surface area (Å²) in [6.07, 6.45) is 5.14. The number of likely N-dealkylation sites (tertiary alicyclic amines) is 1. The third-order valence-electron chi connectivity index (χ3n) is 5.91. The van der Waals surface area contributed by atoms with Gasteiger partial charge in [-0.05, 0) is 56.0 Å². The zero-order chi connectivity index (χ0) is 19.7. The molecule has 0 saturated carbocycles. The second-order valence-electron chi connectivity index (χ2n) is 7.63. The smallest absolute Gasteiger partial charge is 0.200 e. The Labute approximate surface area is 164 Å². The van der Waals surface area contributed by atoms with Gasteiger partial charge in [0.1, 0.15) is 29.9 Å². The highest BCUT2D eigenvalue weighted by molar-refractivity contribution is 5.85. The molecular weight excluding hydrogens is 354 g/mol. The number of nitrogens with one attached hydrogen (secondary N) is 1. The number of piperidine rings is 1. The van der Waals surface area contributed by atoms with Gasteiger partial charge in [-0.3, -0.25) is 4.79 Å². The van der Waals surface area contributed by atoms with Gasteiger partial charge in [-0.1, -0.05) is 12.1 Å². The van der Waals surface area contributed by atoms with Gasteiger partial charge in [0, 0.05) is 0 Å². The summed E-state index contributed by atoms with van der Waals surface area (Å²) < 4.78 is 11.1. The first-order valence-electron chi connectivity index (χ1n) is 9.84. The number of rotatable bonds is 4. The maximum Gasteiger partial charge on any atom is 0.200 e. The van der Waals surface area contributed by atoms with Crippen LogP contribution < -0.4 is 15.1 Å². The molecule has 0 aliphatic carbocycles. The number of fused-ring (bicyclic) bond motifs is 1. The van der Waals surface area contributed by atoms with Crippen molar-refractivity contribution in [2.24, 2.45) is 0 Å². The summed E-state index contributed by atoms with van der Waals surface area (Å²) in [6.45, 7) is 3.98. The second kappa shape index (κ2) is 7.68. The van der Waals surface area contributed by atoms with Crippen LogP contribution in [0.2, 0.25) is 0 Å². The van der Waals surface area contributed by atoms with E-state index in [1.807, 2.05) is 24.3 Å². The van der Waals surface area contributed by atoms with Crippen LogP contribution in [-0.4, -0.2) is 24.8 Å². The Morgan fingerprint density at radius 1 is 1.18 bits per heavy atom. The average Bonchev–Trinajstić information content (AvgIpc) is 2.72. The predicted octanol–water partition coefficient (Wildman–Crippen LogP) is 3.13. The molecule has 1 aliphatic rings. The van der Waals surface area contributed by atoms with Crippen molar-refractivity contribution in [3.05, 3.63) is 58.4 Å². The highest BCUT2D eigenvalue weighted by atomic mass is 16.5. The van der Waals surface area contributed by atoms with E-state index in [1.165, 1.54) is 30.4 Å². The Kier molecular flexibility index (Phi) is 5.09. The van der Waals surface area contributed by atoms with Crippen molar-refractivity contribution in [3.8, 4) is 22.6 Å². The number of hydrogen-bond donors (Lipinski definition) is 2. The zero-order valence-corrected chi connectivity index (χ0v) is 16.3. The molecular formula is C23H26NO4+. The minimum absolute atomic E-state index is 0.0886. The summed E-state index contributed by atoms with van der Waals surface area (Å²) in [5, 5.41) is 11.0. The quantitative estimate of drug-likeness (QED) is 0.730. The topological polar surface area (TPSA) is 64.1 Å². The van der Waals surface area contributed by atoms with Crippen LogP contribution in [0.5, 0.6) is 11.5 Å². The molecule has 0 spiro atoms. The fraction of sp³-hybridized carbons (Fsp3) is 0.348. The third kappa shape index (κ3) is 3.38. The lowest BCUT2D eigenvalue weighted by atomic mass is 10.0. The molecule has 3 aromatic rings. The lowest BCUT2D eigenvalue weighted by Crippen LogP contribution is -3.14. The first kappa shape index (κ1) is 18.6. The summed E-state index contributed by atoms with van der Waals surface area (Å²) in [4.78, 5) is 14.6. The minimum Gasteiger partial charge on any atom is -0.507 e. The standard InChI is InChI=1S/C23H25NO4/c1-15-5-3-4-12-24(15)13-19-21(25)11-10-18-22(26)20(14-28-23(18)19)16-6-8-17(27-2)9-7-16/h6-11,14-15,25H,3-5,12-13H2,1-2H3/p+1/t15-/m1/s1. The monoisotopic (exact) mass is 380 g/mol. The van der Waals surface area contributed by atoms with Crippen molar-refractivity contribution in [2.75, 3.05) is 13.7 Å². The Hall–Kier alpha value is -2.79. The highest BCUT2D eigenvalue weighted by Gasteiger charge is 2.25.